The van der Waals surface area contributed by atoms with Gasteiger partial charge in [0.15, 0.2) is 5.16 Å². The molecule has 90 valence electrons. The highest BCUT2D eigenvalue weighted by molar-refractivity contribution is 7.99. The van der Waals surface area contributed by atoms with Crippen LogP contribution in [0.1, 0.15) is 5.69 Å². The summed E-state index contributed by atoms with van der Waals surface area (Å²) < 4.78 is 36.9. The molecular formula is C10H8F3N3S. The van der Waals surface area contributed by atoms with Gasteiger partial charge in [0.25, 0.3) is 0 Å². The van der Waals surface area contributed by atoms with Gasteiger partial charge in [0.1, 0.15) is 5.69 Å². The monoisotopic (exact) mass is 259 g/mol. The van der Waals surface area contributed by atoms with Gasteiger partial charge in [-0.1, -0.05) is 12.1 Å². The predicted octanol–water partition coefficient (Wildman–Crippen LogP) is 3.16. The molecule has 1 aromatic heterocycles. The average molecular weight is 259 g/mol. The fourth-order valence-electron chi connectivity index (χ4n) is 1.18. The van der Waals surface area contributed by atoms with Crippen LogP contribution in [0.5, 0.6) is 0 Å². The third-order valence-corrected chi connectivity index (χ3v) is 2.98. The van der Waals surface area contributed by atoms with Crippen molar-refractivity contribution in [3.63, 3.8) is 0 Å². The SMILES string of the molecule is Nc1ccccc1Sc1ncc(C(F)(F)F)[nH]1. The van der Waals surface area contributed by atoms with Crippen LogP contribution in [0.15, 0.2) is 40.5 Å². The number of aromatic amines is 1. The molecule has 7 heteroatoms. The number of nitrogen functional groups attached to an aromatic ring is 1. The topological polar surface area (TPSA) is 54.7 Å². The molecule has 3 N–H and O–H groups in total. The highest BCUT2D eigenvalue weighted by Gasteiger charge is 2.33. The lowest BCUT2D eigenvalue weighted by Gasteiger charge is -2.03. The molecule has 0 atom stereocenters. The van der Waals surface area contributed by atoms with Crippen molar-refractivity contribution in [3.05, 3.63) is 36.2 Å². The van der Waals surface area contributed by atoms with Crippen molar-refractivity contribution in [1.82, 2.24) is 9.97 Å². The predicted molar refractivity (Wildman–Crippen MR) is 58.6 cm³/mol. The van der Waals surface area contributed by atoms with Gasteiger partial charge in [0.05, 0.1) is 6.20 Å². The molecule has 0 unspecified atom stereocenters. The molecule has 0 amide bonds. The number of H-pyrrole nitrogens is 1. The van der Waals surface area contributed by atoms with Gasteiger partial charge in [-0.3, -0.25) is 0 Å². The molecule has 0 spiro atoms. The largest absolute Gasteiger partial charge is 0.432 e. The van der Waals surface area contributed by atoms with Gasteiger partial charge >= 0.3 is 6.18 Å². The lowest BCUT2D eigenvalue weighted by atomic mass is 10.3. The minimum absolute atomic E-state index is 0.162. The van der Waals surface area contributed by atoms with E-state index < -0.39 is 11.9 Å². The third kappa shape index (κ3) is 2.73. The molecule has 2 rings (SSSR count). The van der Waals surface area contributed by atoms with Crippen LogP contribution in [0.3, 0.4) is 0 Å². The summed E-state index contributed by atoms with van der Waals surface area (Å²) in [6.07, 6.45) is -3.64. The van der Waals surface area contributed by atoms with Crippen molar-refractivity contribution in [2.75, 3.05) is 5.73 Å². The van der Waals surface area contributed by atoms with Crippen molar-refractivity contribution in [3.8, 4) is 0 Å². The summed E-state index contributed by atoms with van der Waals surface area (Å²) in [5.74, 6) is 0. The first kappa shape index (κ1) is 11.8. The number of anilines is 1. The lowest BCUT2D eigenvalue weighted by Crippen LogP contribution is -2.04. The molecule has 0 bridgehead atoms. The zero-order valence-electron chi connectivity index (χ0n) is 8.45. The Labute approximate surface area is 99.2 Å². The van der Waals surface area contributed by atoms with Crippen LogP contribution in [-0.2, 0) is 6.18 Å². The summed E-state index contributed by atoms with van der Waals surface area (Å²) in [7, 11) is 0. The number of alkyl halides is 3. The Morgan fingerprint density at radius 1 is 1.24 bits per heavy atom. The number of hydrogen-bond donors (Lipinski definition) is 2. The van der Waals surface area contributed by atoms with Crippen molar-refractivity contribution < 1.29 is 13.2 Å². The molecule has 1 aromatic carbocycles. The summed E-state index contributed by atoms with van der Waals surface area (Å²) in [4.78, 5) is 6.51. The Balaban J connectivity index is 2.21. The molecule has 0 aliphatic rings. The van der Waals surface area contributed by atoms with Crippen LogP contribution >= 0.6 is 11.8 Å². The highest BCUT2D eigenvalue weighted by Crippen LogP contribution is 2.33. The minimum atomic E-state index is -4.41. The van der Waals surface area contributed by atoms with E-state index in [-0.39, 0.29) is 5.16 Å². The molecular weight excluding hydrogens is 251 g/mol. The molecule has 0 fully saturated rings. The van der Waals surface area contributed by atoms with Gasteiger partial charge in [0, 0.05) is 10.6 Å². The van der Waals surface area contributed by atoms with E-state index in [1.54, 1.807) is 24.3 Å². The summed E-state index contributed by atoms with van der Waals surface area (Å²) in [5.41, 5.74) is 5.31. The summed E-state index contributed by atoms with van der Waals surface area (Å²) in [5, 5.41) is 0.162. The van der Waals surface area contributed by atoms with E-state index in [1.807, 2.05) is 0 Å². The van der Waals surface area contributed by atoms with E-state index in [0.29, 0.717) is 10.6 Å². The van der Waals surface area contributed by atoms with E-state index in [9.17, 15) is 13.2 Å². The van der Waals surface area contributed by atoms with Gasteiger partial charge in [-0.15, -0.1) is 0 Å². The smallest absolute Gasteiger partial charge is 0.398 e. The fraction of sp³-hybridized carbons (Fsp3) is 0.100. The Bertz CT molecular complexity index is 522. The zero-order chi connectivity index (χ0) is 12.5. The third-order valence-electron chi connectivity index (χ3n) is 1.98. The Morgan fingerprint density at radius 2 is 1.94 bits per heavy atom. The van der Waals surface area contributed by atoms with E-state index in [1.165, 1.54) is 0 Å². The number of nitrogens with zero attached hydrogens (tertiary/aromatic N) is 1. The molecule has 1 heterocycles. The van der Waals surface area contributed by atoms with Crippen LogP contribution in [0.2, 0.25) is 0 Å². The van der Waals surface area contributed by atoms with Crippen molar-refractivity contribution >= 4 is 17.4 Å². The summed E-state index contributed by atoms with van der Waals surface area (Å²) in [6.45, 7) is 0. The first-order valence-electron chi connectivity index (χ1n) is 4.61. The van der Waals surface area contributed by atoms with E-state index in [4.69, 9.17) is 5.73 Å². The van der Waals surface area contributed by atoms with Crippen LogP contribution in [-0.4, -0.2) is 9.97 Å². The number of nitrogens with two attached hydrogens (primary N) is 1. The highest BCUT2D eigenvalue weighted by atomic mass is 32.2. The zero-order valence-corrected chi connectivity index (χ0v) is 9.27. The number of aromatic nitrogens is 2. The van der Waals surface area contributed by atoms with Gasteiger partial charge in [-0.2, -0.15) is 13.2 Å². The minimum Gasteiger partial charge on any atom is -0.398 e. The lowest BCUT2D eigenvalue weighted by molar-refractivity contribution is -0.141. The van der Waals surface area contributed by atoms with Gasteiger partial charge in [-0.25, -0.2) is 4.98 Å². The normalized spacial score (nSPS) is 11.7. The molecule has 17 heavy (non-hydrogen) atoms. The van der Waals surface area contributed by atoms with Gasteiger partial charge in [-0.05, 0) is 23.9 Å². The maximum absolute atomic E-state index is 12.3. The molecule has 0 radical (unpaired) electrons. The van der Waals surface area contributed by atoms with E-state index in [0.717, 1.165) is 18.0 Å². The number of benzene rings is 1. The van der Waals surface area contributed by atoms with Gasteiger partial charge < -0.3 is 10.7 Å². The number of nitrogens with one attached hydrogen (secondary N) is 1. The van der Waals surface area contributed by atoms with Crippen molar-refractivity contribution in [2.45, 2.75) is 16.2 Å². The van der Waals surface area contributed by atoms with Crippen LogP contribution in [0, 0.1) is 0 Å². The second-order valence-corrected chi connectivity index (χ2v) is 4.27. The van der Waals surface area contributed by atoms with E-state index in [2.05, 4.69) is 9.97 Å². The fourth-order valence-corrected chi connectivity index (χ4v) is 1.98. The van der Waals surface area contributed by atoms with Crippen LogP contribution < -0.4 is 5.73 Å². The molecule has 0 aliphatic heterocycles. The molecule has 0 saturated carbocycles. The quantitative estimate of drug-likeness (QED) is 0.814. The Hall–Kier alpha value is -1.63. The first-order valence-corrected chi connectivity index (χ1v) is 5.43. The Kier molecular flexibility index (Phi) is 3.01. The van der Waals surface area contributed by atoms with Crippen LogP contribution in [0.4, 0.5) is 18.9 Å². The van der Waals surface area contributed by atoms with E-state index >= 15 is 0 Å². The number of hydrogen-bond acceptors (Lipinski definition) is 3. The number of halogens is 3. The molecule has 3 nitrogen and oxygen atoms in total. The molecule has 0 saturated heterocycles. The van der Waals surface area contributed by atoms with Crippen LogP contribution in [0.25, 0.3) is 0 Å². The maximum Gasteiger partial charge on any atom is 0.432 e. The summed E-state index contributed by atoms with van der Waals surface area (Å²) in [6, 6.07) is 6.90. The maximum atomic E-state index is 12.3. The summed E-state index contributed by atoms with van der Waals surface area (Å²) >= 11 is 1.06. The average Bonchev–Trinajstić information content (AvgIpc) is 2.69. The Morgan fingerprint density at radius 3 is 2.53 bits per heavy atom. The number of rotatable bonds is 2. The second-order valence-electron chi connectivity index (χ2n) is 3.24. The standard InChI is InChI=1S/C10H8F3N3S/c11-10(12,13)8-5-15-9(16-8)17-7-4-2-1-3-6(7)14/h1-5H,14H2,(H,15,16). The second kappa shape index (κ2) is 4.33. The van der Waals surface area contributed by atoms with Gasteiger partial charge in [0.2, 0.25) is 0 Å². The molecule has 2 aromatic rings. The van der Waals surface area contributed by atoms with Crippen molar-refractivity contribution in [2.24, 2.45) is 0 Å². The van der Waals surface area contributed by atoms with Crippen molar-refractivity contribution in [1.29, 1.82) is 0 Å². The number of para-hydroxylation sites is 1. The number of imidazole rings is 1. The molecule has 0 aliphatic carbocycles. The first-order chi connectivity index (χ1) is 7.97.